The normalized spacial score (nSPS) is 12.6. The lowest BCUT2D eigenvalue weighted by molar-refractivity contribution is 0.344. The quantitative estimate of drug-likeness (QED) is 0.908. The van der Waals surface area contributed by atoms with Crippen LogP contribution in [-0.2, 0) is 6.42 Å². The van der Waals surface area contributed by atoms with Gasteiger partial charge in [0.1, 0.15) is 0 Å². The first-order chi connectivity index (χ1) is 8.19. The second-order valence-corrected chi connectivity index (χ2v) is 4.30. The van der Waals surface area contributed by atoms with Crippen molar-refractivity contribution in [3.8, 4) is 0 Å². The number of rotatable bonds is 4. The number of hydrogen-bond acceptors (Lipinski definition) is 4. The van der Waals surface area contributed by atoms with Crippen LogP contribution in [0.5, 0.6) is 0 Å². The van der Waals surface area contributed by atoms with Gasteiger partial charge in [0.05, 0.1) is 6.04 Å². The van der Waals surface area contributed by atoms with Gasteiger partial charge in [0.25, 0.3) is 0 Å². The Labute approximate surface area is 105 Å². The van der Waals surface area contributed by atoms with Crippen LogP contribution < -0.4 is 5.32 Å². The summed E-state index contributed by atoms with van der Waals surface area (Å²) in [5, 5.41) is 7.71. The van der Waals surface area contributed by atoms with Crippen LogP contribution in [-0.4, -0.2) is 17.2 Å². The molecule has 1 aromatic carbocycles. The molecule has 17 heavy (non-hydrogen) atoms. The Hall–Kier alpha value is -1.39. The van der Waals surface area contributed by atoms with E-state index in [0.29, 0.717) is 18.1 Å². The molecule has 0 bridgehead atoms. The Bertz CT molecular complexity index is 498. The Kier molecular flexibility index (Phi) is 3.76. The van der Waals surface area contributed by atoms with Gasteiger partial charge in [-0.2, -0.15) is 4.98 Å². The molecule has 0 aliphatic carbocycles. The highest BCUT2D eigenvalue weighted by atomic mass is 35.5. The Morgan fingerprint density at radius 2 is 2.29 bits per heavy atom. The third-order valence-corrected chi connectivity index (χ3v) is 2.77. The van der Waals surface area contributed by atoms with Gasteiger partial charge in [-0.25, -0.2) is 0 Å². The lowest BCUT2D eigenvalue weighted by Crippen LogP contribution is -2.12. The SMILES string of the molecule is CNC(C)c1nc(Cc2cccc(Cl)c2)no1. The first-order valence-corrected chi connectivity index (χ1v) is 5.81. The molecule has 4 nitrogen and oxygen atoms in total. The topological polar surface area (TPSA) is 51.0 Å². The van der Waals surface area contributed by atoms with Crippen LogP contribution in [0.25, 0.3) is 0 Å². The highest BCUT2D eigenvalue weighted by Crippen LogP contribution is 2.15. The maximum absolute atomic E-state index is 5.91. The van der Waals surface area contributed by atoms with E-state index in [9.17, 15) is 0 Å². The van der Waals surface area contributed by atoms with Crippen LogP contribution in [0.4, 0.5) is 0 Å². The molecule has 0 aliphatic rings. The van der Waals surface area contributed by atoms with Gasteiger partial charge < -0.3 is 9.84 Å². The average molecular weight is 252 g/mol. The van der Waals surface area contributed by atoms with Gasteiger partial charge in [-0.05, 0) is 31.7 Å². The number of hydrogen-bond donors (Lipinski definition) is 1. The van der Waals surface area contributed by atoms with Crippen molar-refractivity contribution < 1.29 is 4.52 Å². The number of aromatic nitrogens is 2. The van der Waals surface area contributed by atoms with E-state index in [0.717, 1.165) is 10.6 Å². The van der Waals surface area contributed by atoms with Crippen molar-refractivity contribution in [2.45, 2.75) is 19.4 Å². The summed E-state index contributed by atoms with van der Waals surface area (Å²) in [6, 6.07) is 7.71. The van der Waals surface area contributed by atoms with E-state index in [2.05, 4.69) is 15.5 Å². The summed E-state index contributed by atoms with van der Waals surface area (Å²) in [7, 11) is 1.85. The van der Waals surface area contributed by atoms with Crippen LogP contribution >= 0.6 is 11.6 Å². The van der Waals surface area contributed by atoms with E-state index >= 15 is 0 Å². The molecule has 0 fully saturated rings. The molecule has 1 aromatic heterocycles. The molecule has 90 valence electrons. The van der Waals surface area contributed by atoms with Crippen molar-refractivity contribution in [2.24, 2.45) is 0 Å². The summed E-state index contributed by atoms with van der Waals surface area (Å²) in [4.78, 5) is 4.32. The van der Waals surface area contributed by atoms with E-state index < -0.39 is 0 Å². The first kappa shape index (κ1) is 12.1. The van der Waals surface area contributed by atoms with Gasteiger partial charge in [0.2, 0.25) is 5.89 Å². The fourth-order valence-electron chi connectivity index (χ4n) is 1.47. The van der Waals surface area contributed by atoms with Gasteiger partial charge in [-0.15, -0.1) is 0 Å². The predicted molar refractivity (Wildman–Crippen MR) is 66.0 cm³/mol. The van der Waals surface area contributed by atoms with Crippen LogP contribution in [0.3, 0.4) is 0 Å². The monoisotopic (exact) mass is 251 g/mol. The molecule has 5 heteroatoms. The lowest BCUT2D eigenvalue weighted by Gasteiger charge is -2.01. The second kappa shape index (κ2) is 5.29. The largest absolute Gasteiger partial charge is 0.338 e. The van der Waals surface area contributed by atoms with Gasteiger partial charge in [0, 0.05) is 11.4 Å². The average Bonchev–Trinajstić information content (AvgIpc) is 2.76. The third-order valence-electron chi connectivity index (χ3n) is 2.54. The molecule has 2 rings (SSSR count). The number of nitrogens with one attached hydrogen (secondary N) is 1. The van der Waals surface area contributed by atoms with E-state index in [4.69, 9.17) is 16.1 Å². The summed E-state index contributed by atoms with van der Waals surface area (Å²) in [6.07, 6.45) is 0.625. The molecule has 0 aliphatic heterocycles. The molecule has 0 radical (unpaired) electrons. The zero-order valence-corrected chi connectivity index (χ0v) is 10.5. The molecular formula is C12H14ClN3O. The second-order valence-electron chi connectivity index (χ2n) is 3.87. The van der Waals surface area contributed by atoms with Crippen molar-refractivity contribution >= 4 is 11.6 Å². The first-order valence-electron chi connectivity index (χ1n) is 5.43. The van der Waals surface area contributed by atoms with Crippen LogP contribution in [0, 0.1) is 0 Å². The number of halogens is 1. The Morgan fingerprint density at radius 1 is 1.47 bits per heavy atom. The minimum Gasteiger partial charge on any atom is -0.338 e. The summed E-state index contributed by atoms with van der Waals surface area (Å²) in [5.74, 6) is 1.27. The molecule has 0 amide bonds. The highest BCUT2D eigenvalue weighted by Gasteiger charge is 2.12. The highest BCUT2D eigenvalue weighted by molar-refractivity contribution is 6.30. The molecule has 0 saturated carbocycles. The van der Waals surface area contributed by atoms with Gasteiger partial charge >= 0.3 is 0 Å². The van der Waals surface area contributed by atoms with Crippen molar-refractivity contribution in [3.05, 3.63) is 46.6 Å². The van der Waals surface area contributed by atoms with E-state index in [-0.39, 0.29) is 6.04 Å². The summed E-state index contributed by atoms with van der Waals surface area (Å²) < 4.78 is 5.16. The summed E-state index contributed by atoms with van der Waals surface area (Å²) in [5.41, 5.74) is 1.07. The zero-order valence-electron chi connectivity index (χ0n) is 9.77. The summed E-state index contributed by atoms with van der Waals surface area (Å²) >= 11 is 5.91. The molecule has 1 heterocycles. The van der Waals surface area contributed by atoms with E-state index in [1.165, 1.54) is 0 Å². The molecule has 2 aromatic rings. The lowest BCUT2D eigenvalue weighted by atomic mass is 10.1. The maximum atomic E-state index is 5.91. The third kappa shape index (κ3) is 3.05. The Balaban J connectivity index is 2.11. The van der Waals surface area contributed by atoms with Crippen LogP contribution in [0.2, 0.25) is 5.02 Å². The van der Waals surface area contributed by atoms with Crippen molar-refractivity contribution in [1.29, 1.82) is 0 Å². The molecule has 1 N–H and O–H groups in total. The minimum atomic E-state index is 0.0654. The van der Waals surface area contributed by atoms with E-state index in [1.807, 2.05) is 38.2 Å². The predicted octanol–water partition coefficient (Wildman–Crippen LogP) is 2.59. The smallest absolute Gasteiger partial charge is 0.243 e. The van der Waals surface area contributed by atoms with Crippen molar-refractivity contribution in [1.82, 2.24) is 15.5 Å². The Morgan fingerprint density at radius 3 is 3.00 bits per heavy atom. The summed E-state index contributed by atoms with van der Waals surface area (Å²) in [6.45, 7) is 1.97. The van der Waals surface area contributed by atoms with Crippen molar-refractivity contribution in [2.75, 3.05) is 7.05 Å². The maximum Gasteiger partial charge on any atom is 0.243 e. The zero-order chi connectivity index (χ0) is 12.3. The van der Waals surface area contributed by atoms with Gasteiger partial charge in [-0.1, -0.05) is 28.9 Å². The standard InChI is InChI=1S/C12H14ClN3O/c1-8(14-2)12-15-11(16-17-12)7-9-4-3-5-10(13)6-9/h3-6,8,14H,7H2,1-2H3. The van der Waals surface area contributed by atoms with E-state index in [1.54, 1.807) is 0 Å². The fourth-order valence-corrected chi connectivity index (χ4v) is 1.68. The molecular weight excluding hydrogens is 238 g/mol. The molecule has 0 spiro atoms. The minimum absolute atomic E-state index is 0.0654. The molecule has 1 unspecified atom stereocenters. The van der Waals surface area contributed by atoms with Crippen LogP contribution in [0.15, 0.2) is 28.8 Å². The van der Waals surface area contributed by atoms with Gasteiger partial charge in [-0.3, -0.25) is 0 Å². The fraction of sp³-hybridized carbons (Fsp3) is 0.333. The number of nitrogens with zero attached hydrogens (tertiary/aromatic N) is 2. The van der Waals surface area contributed by atoms with Crippen molar-refractivity contribution in [3.63, 3.8) is 0 Å². The van der Waals surface area contributed by atoms with Gasteiger partial charge in [0.15, 0.2) is 5.82 Å². The molecule has 1 atom stereocenters. The van der Waals surface area contributed by atoms with Crippen LogP contribution in [0.1, 0.15) is 30.2 Å². The molecule has 0 saturated heterocycles. The number of benzene rings is 1.